The smallest absolute Gasteiger partial charge is 0.126 e. The Morgan fingerprint density at radius 1 is 1.33 bits per heavy atom. The molecule has 0 radical (unpaired) electrons. The van der Waals surface area contributed by atoms with E-state index >= 15 is 0 Å². The van der Waals surface area contributed by atoms with Crippen LogP contribution in [0.15, 0.2) is 24.3 Å². The number of methoxy groups -OCH3 is 1. The van der Waals surface area contributed by atoms with Crippen LogP contribution < -0.4 is 4.74 Å². The SMILES string of the molecule is COc1ccc(CO)cc1C=CCCO. The molecule has 0 bridgehead atoms. The molecule has 0 fully saturated rings. The number of hydrogen-bond acceptors (Lipinski definition) is 3. The molecule has 0 atom stereocenters. The Kier molecular flexibility index (Phi) is 4.87. The first-order chi connectivity index (χ1) is 7.31. The van der Waals surface area contributed by atoms with Crippen molar-refractivity contribution in [2.45, 2.75) is 13.0 Å². The maximum absolute atomic E-state index is 8.99. The highest BCUT2D eigenvalue weighted by molar-refractivity contribution is 5.58. The molecule has 15 heavy (non-hydrogen) atoms. The first kappa shape index (κ1) is 11.8. The second kappa shape index (κ2) is 6.22. The molecule has 0 aliphatic rings. The minimum atomic E-state index is 0.0187. The summed E-state index contributed by atoms with van der Waals surface area (Å²) < 4.78 is 5.18. The number of aliphatic hydroxyl groups is 2. The zero-order chi connectivity index (χ0) is 11.1. The van der Waals surface area contributed by atoms with Crippen molar-refractivity contribution in [3.05, 3.63) is 35.4 Å². The Bertz CT molecular complexity index is 332. The van der Waals surface area contributed by atoms with Crippen molar-refractivity contribution in [2.24, 2.45) is 0 Å². The molecule has 3 heteroatoms. The van der Waals surface area contributed by atoms with Gasteiger partial charge in [0.05, 0.1) is 13.7 Å². The fourth-order valence-corrected chi connectivity index (χ4v) is 1.30. The normalized spacial score (nSPS) is 10.9. The van der Waals surface area contributed by atoms with E-state index in [-0.39, 0.29) is 13.2 Å². The van der Waals surface area contributed by atoms with Gasteiger partial charge in [-0.15, -0.1) is 0 Å². The van der Waals surface area contributed by atoms with Crippen LogP contribution in [0.2, 0.25) is 0 Å². The molecule has 82 valence electrons. The average molecular weight is 208 g/mol. The number of aliphatic hydroxyl groups excluding tert-OH is 2. The zero-order valence-electron chi connectivity index (χ0n) is 8.81. The molecule has 0 aliphatic carbocycles. The van der Waals surface area contributed by atoms with E-state index in [1.807, 2.05) is 30.4 Å². The van der Waals surface area contributed by atoms with Crippen LogP contribution >= 0.6 is 0 Å². The molecule has 0 aromatic heterocycles. The summed E-state index contributed by atoms with van der Waals surface area (Å²) in [5, 5.41) is 17.6. The van der Waals surface area contributed by atoms with Gasteiger partial charge >= 0.3 is 0 Å². The van der Waals surface area contributed by atoms with Gasteiger partial charge in [0.1, 0.15) is 5.75 Å². The van der Waals surface area contributed by atoms with Crippen LogP contribution in [0.5, 0.6) is 5.75 Å². The molecule has 0 saturated heterocycles. The van der Waals surface area contributed by atoms with Crippen molar-refractivity contribution >= 4 is 6.08 Å². The molecule has 0 spiro atoms. The van der Waals surface area contributed by atoms with Gasteiger partial charge in [0.25, 0.3) is 0 Å². The fourth-order valence-electron chi connectivity index (χ4n) is 1.30. The minimum absolute atomic E-state index is 0.0187. The number of ether oxygens (including phenoxy) is 1. The van der Waals surface area contributed by atoms with E-state index in [9.17, 15) is 0 Å². The third kappa shape index (κ3) is 3.38. The monoisotopic (exact) mass is 208 g/mol. The highest BCUT2D eigenvalue weighted by Gasteiger charge is 2.00. The zero-order valence-corrected chi connectivity index (χ0v) is 8.81. The van der Waals surface area contributed by atoms with Gasteiger partial charge in [-0.1, -0.05) is 18.2 Å². The van der Waals surface area contributed by atoms with Gasteiger partial charge in [-0.3, -0.25) is 0 Å². The minimum Gasteiger partial charge on any atom is -0.496 e. The fraction of sp³-hybridized carbons (Fsp3) is 0.333. The van der Waals surface area contributed by atoms with Crippen LogP contribution in [0.25, 0.3) is 6.08 Å². The average Bonchev–Trinajstić information content (AvgIpc) is 2.29. The van der Waals surface area contributed by atoms with Crippen molar-refractivity contribution in [3.63, 3.8) is 0 Å². The van der Waals surface area contributed by atoms with Gasteiger partial charge in [0, 0.05) is 12.2 Å². The van der Waals surface area contributed by atoms with E-state index in [1.54, 1.807) is 7.11 Å². The molecule has 0 unspecified atom stereocenters. The number of rotatable bonds is 5. The van der Waals surface area contributed by atoms with Gasteiger partial charge in [0.15, 0.2) is 0 Å². The van der Waals surface area contributed by atoms with Crippen molar-refractivity contribution in [3.8, 4) is 5.75 Å². The summed E-state index contributed by atoms with van der Waals surface area (Å²) in [5.41, 5.74) is 1.76. The molecule has 0 saturated carbocycles. The van der Waals surface area contributed by atoms with Crippen LogP contribution in [0.3, 0.4) is 0 Å². The first-order valence-electron chi connectivity index (χ1n) is 4.87. The molecule has 1 rings (SSSR count). The van der Waals surface area contributed by atoms with E-state index in [2.05, 4.69) is 0 Å². The molecule has 2 N–H and O–H groups in total. The van der Waals surface area contributed by atoms with Gasteiger partial charge in [0.2, 0.25) is 0 Å². The van der Waals surface area contributed by atoms with Crippen LogP contribution in [0.4, 0.5) is 0 Å². The summed E-state index contributed by atoms with van der Waals surface area (Å²) in [6, 6.07) is 5.51. The highest BCUT2D eigenvalue weighted by Crippen LogP contribution is 2.21. The molecule has 1 aromatic carbocycles. The van der Waals surface area contributed by atoms with Crippen molar-refractivity contribution in [2.75, 3.05) is 13.7 Å². The highest BCUT2D eigenvalue weighted by atomic mass is 16.5. The Morgan fingerprint density at radius 2 is 2.13 bits per heavy atom. The van der Waals surface area contributed by atoms with E-state index in [4.69, 9.17) is 14.9 Å². The Hall–Kier alpha value is -1.32. The second-order valence-corrected chi connectivity index (χ2v) is 3.15. The lowest BCUT2D eigenvalue weighted by Crippen LogP contribution is -1.90. The van der Waals surface area contributed by atoms with Crippen molar-refractivity contribution < 1.29 is 14.9 Å². The third-order valence-corrected chi connectivity index (χ3v) is 2.07. The Morgan fingerprint density at radius 3 is 2.73 bits per heavy atom. The molecule has 0 aliphatic heterocycles. The maximum Gasteiger partial charge on any atom is 0.126 e. The lowest BCUT2D eigenvalue weighted by Gasteiger charge is -2.06. The summed E-state index contributed by atoms with van der Waals surface area (Å²) in [4.78, 5) is 0. The third-order valence-electron chi connectivity index (χ3n) is 2.07. The second-order valence-electron chi connectivity index (χ2n) is 3.15. The molecular weight excluding hydrogens is 192 g/mol. The summed E-state index contributed by atoms with van der Waals surface area (Å²) in [6.45, 7) is 0.156. The van der Waals surface area contributed by atoms with Gasteiger partial charge in [-0.05, 0) is 24.1 Å². The summed E-state index contributed by atoms with van der Waals surface area (Å²) >= 11 is 0. The van der Waals surface area contributed by atoms with E-state index in [0.29, 0.717) is 6.42 Å². The van der Waals surface area contributed by atoms with Gasteiger partial charge in [-0.2, -0.15) is 0 Å². The standard InChI is InChI=1S/C12H16O3/c1-15-12-6-5-10(9-14)8-11(12)4-2-3-7-13/h2,4-6,8,13-14H,3,7,9H2,1H3. The number of benzene rings is 1. The van der Waals surface area contributed by atoms with E-state index in [0.717, 1.165) is 16.9 Å². The predicted octanol–water partition coefficient (Wildman–Crippen LogP) is 1.58. The molecule has 0 heterocycles. The first-order valence-corrected chi connectivity index (χ1v) is 4.87. The van der Waals surface area contributed by atoms with Crippen molar-refractivity contribution in [1.29, 1.82) is 0 Å². The van der Waals surface area contributed by atoms with Crippen LogP contribution in [0, 0.1) is 0 Å². The van der Waals surface area contributed by atoms with E-state index in [1.165, 1.54) is 0 Å². The molecular formula is C12H16O3. The molecule has 1 aromatic rings. The van der Waals surface area contributed by atoms with E-state index < -0.39 is 0 Å². The Balaban J connectivity index is 2.90. The molecule has 3 nitrogen and oxygen atoms in total. The lowest BCUT2D eigenvalue weighted by atomic mass is 10.1. The number of hydrogen-bond donors (Lipinski definition) is 2. The molecule has 0 amide bonds. The van der Waals surface area contributed by atoms with Gasteiger partial charge < -0.3 is 14.9 Å². The summed E-state index contributed by atoms with van der Waals surface area (Å²) in [5.74, 6) is 0.765. The maximum atomic E-state index is 8.99. The quantitative estimate of drug-likeness (QED) is 0.772. The van der Waals surface area contributed by atoms with Gasteiger partial charge in [-0.25, -0.2) is 0 Å². The van der Waals surface area contributed by atoms with Crippen LogP contribution in [0.1, 0.15) is 17.5 Å². The van der Waals surface area contributed by atoms with Crippen LogP contribution in [-0.4, -0.2) is 23.9 Å². The predicted molar refractivity (Wildman–Crippen MR) is 59.7 cm³/mol. The summed E-state index contributed by atoms with van der Waals surface area (Å²) in [7, 11) is 1.61. The summed E-state index contributed by atoms with van der Waals surface area (Å²) in [6.07, 6.45) is 4.37. The van der Waals surface area contributed by atoms with Crippen LogP contribution in [-0.2, 0) is 6.61 Å². The van der Waals surface area contributed by atoms with Crippen molar-refractivity contribution in [1.82, 2.24) is 0 Å². The topological polar surface area (TPSA) is 49.7 Å². The largest absolute Gasteiger partial charge is 0.496 e. The lowest BCUT2D eigenvalue weighted by molar-refractivity contribution is 0.281. The Labute approximate surface area is 89.6 Å².